The average Bonchev–Trinajstić information content (AvgIpc) is 2.73. The molecule has 0 radical (unpaired) electrons. The summed E-state index contributed by atoms with van der Waals surface area (Å²) in [7, 11) is 1.59. The Morgan fingerprint density at radius 2 is 2.31 bits per heavy atom. The number of carbonyl (C=O) groups excluding carboxylic acids is 1. The summed E-state index contributed by atoms with van der Waals surface area (Å²) >= 11 is 0. The Morgan fingerprint density at radius 1 is 1.44 bits per heavy atom. The zero-order chi connectivity index (χ0) is 11.4. The lowest BCUT2D eigenvalue weighted by atomic mass is 10.2. The second-order valence-electron chi connectivity index (χ2n) is 3.70. The molecule has 0 unspecified atom stereocenters. The van der Waals surface area contributed by atoms with Gasteiger partial charge in [-0.25, -0.2) is 4.98 Å². The number of hydrogen-bond acceptors (Lipinski definition) is 4. The molecule has 0 fully saturated rings. The molecule has 0 amide bonds. The van der Waals surface area contributed by atoms with Gasteiger partial charge in [0.1, 0.15) is 0 Å². The Balaban J connectivity index is 1.89. The molecule has 4 nitrogen and oxygen atoms in total. The van der Waals surface area contributed by atoms with E-state index in [-0.39, 0.29) is 5.78 Å². The van der Waals surface area contributed by atoms with Crippen molar-refractivity contribution in [3.8, 4) is 5.88 Å². The summed E-state index contributed by atoms with van der Waals surface area (Å²) in [6.07, 6.45) is 4.89. The maximum Gasteiger partial charge on any atom is 0.212 e. The third kappa shape index (κ3) is 2.59. The minimum absolute atomic E-state index is 0.204. The first-order valence-corrected chi connectivity index (χ1v) is 5.24. The molecule has 1 aliphatic rings. The maximum atomic E-state index is 11.0. The predicted molar refractivity (Wildman–Crippen MR) is 60.0 cm³/mol. The number of aromatic nitrogens is 1. The minimum Gasteiger partial charge on any atom is -0.481 e. The monoisotopic (exact) mass is 218 g/mol. The summed E-state index contributed by atoms with van der Waals surface area (Å²) < 4.78 is 4.97. The summed E-state index contributed by atoms with van der Waals surface area (Å²) in [5, 5.41) is 3.23. The molecule has 4 heteroatoms. The highest BCUT2D eigenvalue weighted by atomic mass is 16.5. The van der Waals surface area contributed by atoms with E-state index in [0.717, 1.165) is 17.7 Å². The van der Waals surface area contributed by atoms with Crippen molar-refractivity contribution in [1.29, 1.82) is 0 Å². The van der Waals surface area contributed by atoms with Gasteiger partial charge in [-0.2, -0.15) is 0 Å². The number of nitrogens with zero attached hydrogens (tertiary/aromatic N) is 1. The first-order valence-electron chi connectivity index (χ1n) is 5.24. The topological polar surface area (TPSA) is 51.2 Å². The van der Waals surface area contributed by atoms with Crippen LogP contribution in [-0.4, -0.2) is 17.9 Å². The van der Waals surface area contributed by atoms with Crippen molar-refractivity contribution < 1.29 is 9.53 Å². The van der Waals surface area contributed by atoms with Crippen LogP contribution in [0.3, 0.4) is 0 Å². The smallest absolute Gasteiger partial charge is 0.212 e. The van der Waals surface area contributed by atoms with Crippen molar-refractivity contribution in [3.63, 3.8) is 0 Å². The molecule has 0 aromatic carbocycles. The normalized spacial score (nSPS) is 14.8. The van der Waals surface area contributed by atoms with E-state index in [9.17, 15) is 4.79 Å². The van der Waals surface area contributed by atoms with E-state index in [0.29, 0.717) is 18.8 Å². The molecule has 1 heterocycles. The number of rotatable bonds is 4. The van der Waals surface area contributed by atoms with Crippen molar-refractivity contribution >= 4 is 5.78 Å². The fraction of sp³-hybridized carbons (Fsp3) is 0.333. The maximum absolute atomic E-state index is 11.0. The molecule has 1 aromatic heterocycles. The van der Waals surface area contributed by atoms with E-state index in [1.165, 1.54) is 0 Å². The Hall–Kier alpha value is -1.84. The van der Waals surface area contributed by atoms with Crippen molar-refractivity contribution in [2.45, 2.75) is 19.4 Å². The quantitative estimate of drug-likeness (QED) is 0.830. The molecule has 0 atom stereocenters. The highest BCUT2D eigenvalue weighted by Crippen LogP contribution is 2.13. The molecule has 16 heavy (non-hydrogen) atoms. The van der Waals surface area contributed by atoms with Gasteiger partial charge in [0, 0.05) is 37.0 Å². The number of ether oxygens (including phenoxy) is 1. The molecule has 0 saturated carbocycles. The molecule has 0 saturated heterocycles. The number of methoxy groups -OCH3 is 1. The van der Waals surface area contributed by atoms with Crippen LogP contribution in [0.5, 0.6) is 5.88 Å². The summed E-state index contributed by atoms with van der Waals surface area (Å²) in [5.74, 6) is 0.814. The van der Waals surface area contributed by atoms with Gasteiger partial charge in [-0.15, -0.1) is 0 Å². The first kappa shape index (κ1) is 10.7. The molecule has 0 aliphatic heterocycles. The lowest BCUT2D eigenvalue weighted by Crippen LogP contribution is -2.11. The van der Waals surface area contributed by atoms with Gasteiger partial charge in [0.15, 0.2) is 5.78 Å². The minimum atomic E-state index is 0.204. The van der Waals surface area contributed by atoms with Crippen molar-refractivity contribution in [1.82, 2.24) is 10.3 Å². The van der Waals surface area contributed by atoms with Crippen LogP contribution in [0.1, 0.15) is 18.4 Å². The first-order chi connectivity index (χ1) is 7.78. The van der Waals surface area contributed by atoms with Gasteiger partial charge in [-0.05, 0) is 12.0 Å². The molecule has 84 valence electrons. The van der Waals surface area contributed by atoms with Gasteiger partial charge in [0.25, 0.3) is 0 Å². The van der Waals surface area contributed by atoms with E-state index in [1.54, 1.807) is 19.4 Å². The van der Waals surface area contributed by atoms with E-state index < -0.39 is 0 Å². The lowest BCUT2D eigenvalue weighted by Gasteiger charge is -2.06. The Labute approximate surface area is 94.3 Å². The zero-order valence-electron chi connectivity index (χ0n) is 9.19. The largest absolute Gasteiger partial charge is 0.481 e. The highest BCUT2D eigenvalue weighted by molar-refractivity contribution is 5.92. The number of allylic oxidation sites excluding steroid dienone is 2. The molecular weight excluding hydrogens is 204 g/mol. The van der Waals surface area contributed by atoms with Crippen LogP contribution < -0.4 is 10.1 Å². The van der Waals surface area contributed by atoms with Crippen LogP contribution in [0.25, 0.3) is 0 Å². The van der Waals surface area contributed by atoms with Crippen LogP contribution in [-0.2, 0) is 11.3 Å². The summed E-state index contributed by atoms with van der Waals surface area (Å²) in [5.41, 5.74) is 2.09. The van der Waals surface area contributed by atoms with E-state index in [4.69, 9.17) is 4.74 Å². The van der Waals surface area contributed by atoms with Gasteiger partial charge < -0.3 is 10.1 Å². The number of pyridine rings is 1. The molecule has 0 bridgehead atoms. The molecule has 1 N–H and O–H groups in total. The van der Waals surface area contributed by atoms with E-state index in [1.807, 2.05) is 12.1 Å². The highest BCUT2D eigenvalue weighted by Gasteiger charge is 2.10. The summed E-state index contributed by atoms with van der Waals surface area (Å²) in [6.45, 7) is 0.691. The Bertz CT molecular complexity index is 410. The van der Waals surface area contributed by atoms with E-state index >= 15 is 0 Å². The third-order valence-corrected chi connectivity index (χ3v) is 2.50. The molecule has 2 rings (SSSR count). The SMILES string of the molecule is COc1ccc(CNC2=CC(=O)CC2)cn1. The van der Waals surface area contributed by atoms with E-state index in [2.05, 4.69) is 10.3 Å². The van der Waals surface area contributed by atoms with Gasteiger partial charge in [-0.1, -0.05) is 6.07 Å². The van der Waals surface area contributed by atoms with Crippen LogP contribution in [0, 0.1) is 0 Å². The molecule has 0 spiro atoms. The van der Waals surface area contributed by atoms with Gasteiger partial charge in [0.05, 0.1) is 7.11 Å². The summed E-state index contributed by atoms with van der Waals surface area (Å²) in [6, 6.07) is 3.78. The number of hydrogen-bond donors (Lipinski definition) is 1. The number of carbonyl (C=O) groups is 1. The fourth-order valence-corrected chi connectivity index (χ4v) is 1.59. The standard InChI is InChI=1S/C12H14N2O2/c1-16-12-5-2-9(8-14-12)7-13-10-3-4-11(15)6-10/h2,5-6,8,13H,3-4,7H2,1H3. The second kappa shape index (κ2) is 4.79. The average molecular weight is 218 g/mol. The number of ketones is 1. The van der Waals surface area contributed by atoms with Crippen LogP contribution in [0.2, 0.25) is 0 Å². The van der Waals surface area contributed by atoms with Gasteiger partial charge in [-0.3, -0.25) is 4.79 Å². The fourth-order valence-electron chi connectivity index (χ4n) is 1.59. The summed E-state index contributed by atoms with van der Waals surface area (Å²) in [4.78, 5) is 15.1. The van der Waals surface area contributed by atoms with Crippen molar-refractivity contribution in [3.05, 3.63) is 35.7 Å². The molecular formula is C12H14N2O2. The second-order valence-corrected chi connectivity index (χ2v) is 3.70. The van der Waals surface area contributed by atoms with Crippen LogP contribution in [0.15, 0.2) is 30.1 Å². The van der Waals surface area contributed by atoms with Crippen LogP contribution >= 0.6 is 0 Å². The molecule has 1 aromatic rings. The van der Waals surface area contributed by atoms with Gasteiger partial charge in [0.2, 0.25) is 5.88 Å². The predicted octanol–water partition coefficient (Wildman–Crippen LogP) is 1.43. The van der Waals surface area contributed by atoms with Crippen molar-refractivity contribution in [2.24, 2.45) is 0 Å². The lowest BCUT2D eigenvalue weighted by molar-refractivity contribution is -0.114. The van der Waals surface area contributed by atoms with Gasteiger partial charge >= 0.3 is 0 Å². The molecule has 1 aliphatic carbocycles. The van der Waals surface area contributed by atoms with Crippen molar-refractivity contribution in [2.75, 3.05) is 7.11 Å². The third-order valence-electron chi connectivity index (χ3n) is 2.50. The zero-order valence-corrected chi connectivity index (χ0v) is 9.19. The number of nitrogens with one attached hydrogen (secondary N) is 1. The van der Waals surface area contributed by atoms with Crippen LogP contribution in [0.4, 0.5) is 0 Å². The Kier molecular flexibility index (Phi) is 3.19. The Morgan fingerprint density at radius 3 is 2.88 bits per heavy atom.